The third-order valence-corrected chi connectivity index (χ3v) is 7.41. The van der Waals surface area contributed by atoms with Crippen molar-refractivity contribution < 1.29 is 9.47 Å². The lowest BCUT2D eigenvalue weighted by Crippen LogP contribution is -1.92. The van der Waals surface area contributed by atoms with Crippen LogP contribution in [0.1, 0.15) is 0 Å². The summed E-state index contributed by atoms with van der Waals surface area (Å²) in [5, 5.41) is 4.67. The number of anilines is 2. The highest BCUT2D eigenvalue weighted by atomic mass is 16.5. The molecule has 7 aromatic rings. The molecular formula is C38H28N2O2. The van der Waals surface area contributed by atoms with Crippen molar-refractivity contribution in [2.45, 2.75) is 0 Å². The zero-order valence-corrected chi connectivity index (χ0v) is 22.8. The Morgan fingerprint density at radius 2 is 0.690 bits per heavy atom. The van der Waals surface area contributed by atoms with Gasteiger partial charge in [0.1, 0.15) is 23.0 Å². The van der Waals surface area contributed by atoms with Crippen molar-refractivity contribution in [3.05, 3.63) is 146 Å². The van der Waals surface area contributed by atoms with Gasteiger partial charge < -0.3 is 20.9 Å². The molecule has 0 heterocycles. The zero-order chi connectivity index (χ0) is 28.5. The van der Waals surface area contributed by atoms with E-state index in [0.717, 1.165) is 34.1 Å². The molecule has 0 aliphatic carbocycles. The molecule has 0 amide bonds. The van der Waals surface area contributed by atoms with Gasteiger partial charge in [0.05, 0.1) is 0 Å². The van der Waals surface area contributed by atoms with Crippen LogP contribution in [-0.4, -0.2) is 0 Å². The molecular weight excluding hydrogens is 516 g/mol. The minimum Gasteiger partial charge on any atom is -0.457 e. The standard InChI is InChI=1S/C38H28N2O2/c39-27-15-19-29(20-16-27)41-31-9-5-7-25(23-31)37-33-11-1-2-12-34(33)38(36-14-4-3-13-35(36)37)26-8-6-10-32(24-26)42-30-21-17-28(40)18-22-30/h1-24H,39-40H2. The van der Waals surface area contributed by atoms with Crippen LogP contribution in [0.15, 0.2) is 146 Å². The maximum absolute atomic E-state index is 6.20. The number of fused-ring (bicyclic) bond motifs is 2. The molecule has 4 nitrogen and oxygen atoms in total. The van der Waals surface area contributed by atoms with E-state index in [1.54, 1.807) is 0 Å². The van der Waals surface area contributed by atoms with Crippen molar-refractivity contribution in [1.82, 2.24) is 0 Å². The third kappa shape index (κ3) is 4.87. The van der Waals surface area contributed by atoms with Gasteiger partial charge in [-0.05, 0) is 117 Å². The molecule has 42 heavy (non-hydrogen) atoms. The van der Waals surface area contributed by atoms with Gasteiger partial charge in [-0.15, -0.1) is 0 Å². The van der Waals surface area contributed by atoms with Gasteiger partial charge in [0, 0.05) is 11.4 Å². The van der Waals surface area contributed by atoms with Crippen LogP contribution in [0, 0.1) is 0 Å². The molecule has 0 fully saturated rings. The zero-order valence-electron chi connectivity index (χ0n) is 22.8. The molecule has 0 saturated carbocycles. The maximum Gasteiger partial charge on any atom is 0.128 e. The first-order valence-corrected chi connectivity index (χ1v) is 13.8. The Balaban J connectivity index is 1.38. The predicted molar refractivity (Wildman–Crippen MR) is 174 cm³/mol. The van der Waals surface area contributed by atoms with Gasteiger partial charge in [-0.3, -0.25) is 0 Å². The quantitative estimate of drug-likeness (QED) is 0.161. The van der Waals surface area contributed by atoms with Gasteiger partial charge >= 0.3 is 0 Å². The van der Waals surface area contributed by atoms with Crippen LogP contribution in [0.4, 0.5) is 11.4 Å². The molecule has 0 saturated heterocycles. The minimum atomic E-state index is 0.705. The highest BCUT2D eigenvalue weighted by molar-refractivity contribution is 6.21. The number of hydrogen-bond donors (Lipinski definition) is 2. The Bertz CT molecular complexity index is 1840. The Morgan fingerprint density at radius 3 is 1.05 bits per heavy atom. The molecule has 202 valence electrons. The number of benzene rings is 7. The van der Waals surface area contributed by atoms with Crippen molar-refractivity contribution >= 4 is 32.9 Å². The summed E-state index contributed by atoms with van der Waals surface area (Å²) >= 11 is 0. The van der Waals surface area contributed by atoms with E-state index in [9.17, 15) is 0 Å². The van der Waals surface area contributed by atoms with Crippen LogP contribution in [0.3, 0.4) is 0 Å². The first-order valence-electron chi connectivity index (χ1n) is 13.8. The van der Waals surface area contributed by atoms with Crippen molar-refractivity contribution in [3.63, 3.8) is 0 Å². The van der Waals surface area contributed by atoms with E-state index < -0.39 is 0 Å². The van der Waals surface area contributed by atoms with Crippen LogP contribution in [0.5, 0.6) is 23.0 Å². The van der Waals surface area contributed by atoms with Crippen LogP contribution in [0.2, 0.25) is 0 Å². The van der Waals surface area contributed by atoms with Crippen molar-refractivity contribution in [3.8, 4) is 45.3 Å². The Hall–Kier alpha value is -5.74. The fourth-order valence-corrected chi connectivity index (χ4v) is 5.52. The largest absolute Gasteiger partial charge is 0.457 e. The summed E-state index contributed by atoms with van der Waals surface area (Å²) in [5.74, 6) is 3.02. The molecule has 0 aromatic heterocycles. The van der Waals surface area contributed by atoms with E-state index in [2.05, 4.69) is 72.8 Å². The number of nitrogen functional groups attached to an aromatic ring is 2. The highest BCUT2D eigenvalue weighted by Crippen LogP contribution is 2.45. The first kappa shape index (κ1) is 25.2. The minimum absolute atomic E-state index is 0.705. The number of rotatable bonds is 6. The smallest absolute Gasteiger partial charge is 0.128 e. The lowest BCUT2D eigenvalue weighted by atomic mass is 9.86. The molecule has 0 aliphatic heterocycles. The molecule has 0 spiro atoms. The molecule has 0 unspecified atom stereocenters. The maximum atomic E-state index is 6.20. The molecule has 0 aliphatic rings. The molecule has 4 N–H and O–H groups in total. The fourth-order valence-electron chi connectivity index (χ4n) is 5.52. The van der Waals surface area contributed by atoms with Gasteiger partial charge in [0.15, 0.2) is 0 Å². The molecule has 4 heteroatoms. The van der Waals surface area contributed by atoms with E-state index in [1.165, 1.54) is 32.7 Å². The second-order valence-electron chi connectivity index (χ2n) is 10.2. The van der Waals surface area contributed by atoms with E-state index in [4.69, 9.17) is 20.9 Å². The normalized spacial score (nSPS) is 11.0. The van der Waals surface area contributed by atoms with Crippen molar-refractivity contribution in [1.29, 1.82) is 0 Å². The monoisotopic (exact) mass is 544 g/mol. The lowest BCUT2D eigenvalue weighted by Gasteiger charge is -2.18. The first-order chi connectivity index (χ1) is 20.6. The van der Waals surface area contributed by atoms with Crippen molar-refractivity contribution in [2.24, 2.45) is 0 Å². The molecule has 7 aromatic carbocycles. The van der Waals surface area contributed by atoms with Crippen molar-refractivity contribution in [2.75, 3.05) is 11.5 Å². The number of nitrogens with two attached hydrogens (primary N) is 2. The highest BCUT2D eigenvalue weighted by Gasteiger charge is 2.17. The topological polar surface area (TPSA) is 70.5 Å². The summed E-state index contributed by atoms with van der Waals surface area (Å²) in [5.41, 5.74) is 17.6. The Morgan fingerprint density at radius 1 is 0.333 bits per heavy atom. The van der Waals surface area contributed by atoms with Gasteiger partial charge in [-0.25, -0.2) is 0 Å². The second kappa shape index (κ2) is 10.7. The SMILES string of the molecule is Nc1ccc(Oc2cccc(-c3c4ccccc4c(-c4cccc(Oc5ccc(N)cc5)c4)c4ccccc34)c2)cc1. The molecule has 0 atom stereocenters. The second-order valence-corrected chi connectivity index (χ2v) is 10.2. The summed E-state index contributed by atoms with van der Waals surface area (Å²) in [4.78, 5) is 0. The summed E-state index contributed by atoms with van der Waals surface area (Å²) < 4.78 is 12.4. The average Bonchev–Trinajstić information content (AvgIpc) is 3.02. The van der Waals surface area contributed by atoms with Crippen LogP contribution < -0.4 is 20.9 Å². The number of ether oxygens (including phenoxy) is 2. The molecule has 7 rings (SSSR count). The average molecular weight is 545 g/mol. The van der Waals surface area contributed by atoms with E-state index in [-0.39, 0.29) is 0 Å². The Kier molecular flexibility index (Phi) is 6.42. The summed E-state index contributed by atoms with van der Waals surface area (Å²) in [6.07, 6.45) is 0. The van der Waals surface area contributed by atoms with E-state index in [1.807, 2.05) is 72.8 Å². The van der Waals surface area contributed by atoms with Crippen LogP contribution in [0.25, 0.3) is 43.8 Å². The molecule has 0 bridgehead atoms. The summed E-state index contributed by atoms with van der Waals surface area (Å²) in [6.45, 7) is 0. The Labute approximate surface area is 244 Å². The molecule has 0 radical (unpaired) electrons. The summed E-state index contributed by atoms with van der Waals surface area (Å²) in [7, 11) is 0. The van der Waals surface area contributed by atoms with Gasteiger partial charge in [0.25, 0.3) is 0 Å². The van der Waals surface area contributed by atoms with Gasteiger partial charge in [-0.2, -0.15) is 0 Å². The third-order valence-electron chi connectivity index (χ3n) is 7.41. The lowest BCUT2D eigenvalue weighted by molar-refractivity contribution is 0.482. The fraction of sp³-hybridized carbons (Fsp3) is 0. The van der Waals surface area contributed by atoms with Gasteiger partial charge in [0.2, 0.25) is 0 Å². The van der Waals surface area contributed by atoms with E-state index >= 15 is 0 Å². The van der Waals surface area contributed by atoms with Crippen LogP contribution >= 0.6 is 0 Å². The summed E-state index contributed by atoms with van der Waals surface area (Å²) in [6, 6.07) is 48.6. The number of hydrogen-bond acceptors (Lipinski definition) is 4. The van der Waals surface area contributed by atoms with Gasteiger partial charge in [-0.1, -0.05) is 72.8 Å². The van der Waals surface area contributed by atoms with Crippen LogP contribution in [-0.2, 0) is 0 Å². The van der Waals surface area contributed by atoms with E-state index in [0.29, 0.717) is 11.4 Å². The predicted octanol–water partition coefficient (Wildman–Crippen LogP) is 10.1.